The van der Waals surface area contributed by atoms with Crippen LogP contribution in [0.2, 0.25) is 0 Å². The summed E-state index contributed by atoms with van der Waals surface area (Å²) in [5.74, 6) is 2.22. The number of hydrogen-bond acceptors (Lipinski definition) is 0. The van der Waals surface area contributed by atoms with Gasteiger partial charge in [-0.2, -0.15) is 0 Å². The van der Waals surface area contributed by atoms with Crippen molar-refractivity contribution < 1.29 is 0 Å². The fourth-order valence-corrected chi connectivity index (χ4v) is 1.76. The average molecular weight is 150 g/mol. The molecule has 1 aliphatic carbocycles. The van der Waals surface area contributed by atoms with Crippen LogP contribution in [0.15, 0.2) is 16.9 Å². The van der Waals surface area contributed by atoms with Gasteiger partial charge < -0.3 is 0 Å². The van der Waals surface area contributed by atoms with Crippen LogP contribution in [-0.2, 0) is 0 Å². The molecule has 0 aliphatic heterocycles. The quantitative estimate of drug-likeness (QED) is 0.464. The molecule has 0 heteroatoms. The Bertz CT molecular complexity index is 196. The summed E-state index contributed by atoms with van der Waals surface area (Å²) in [4.78, 5) is 0. The van der Waals surface area contributed by atoms with E-state index in [4.69, 9.17) is 0 Å². The normalized spacial score (nSPS) is 38.1. The summed E-state index contributed by atoms with van der Waals surface area (Å²) in [7, 11) is 0. The van der Waals surface area contributed by atoms with Gasteiger partial charge in [0.05, 0.1) is 0 Å². The Labute approximate surface area is 70.0 Å². The van der Waals surface area contributed by atoms with E-state index in [1.165, 1.54) is 11.1 Å². The molecule has 2 atom stereocenters. The van der Waals surface area contributed by atoms with Gasteiger partial charge in [0.25, 0.3) is 0 Å². The summed E-state index contributed by atoms with van der Waals surface area (Å²) >= 11 is 0. The topological polar surface area (TPSA) is 0 Å². The minimum absolute atomic E-state index is 0.716. The van der Waals surface area contributed by atoms with E-state index in [9.17, 15) is 0 Å². The van der Waals surface area contributed by atoms with E-state index >= 15 is 0 Å². The molecule has 0 spiro atoms. The molecule has 0 aromatic heterocycles. The Morgan fingerprint density at radius 1 is 0.909 bits per heavy atom. The summed E-state index contributed by atoms with van der Waals surface area (Å²) in [6, 6.07) is 0. The van der Waals surface area contributed by atoms with Gasteiger partial charge in [-0.1, -0.05) is 20.8 Å². The molecule has 62 valence electrons. The van der Waals surface area contributed by atoms with Gasteiger partial charge in [0.2, 0.25) is 0 Å². The van der Waals surface area contributed by atoms with E-state index in [1.807, 2.05) is 0 Å². The molecule has 0 amide bonds. The second-order valence-electron chi connectivity index (χ2n) is 3.93. The molecule has 2 unspecified atom stereocenters. The third-order valence-corrected chi connectivity index (χ3v) is 3.34. The Morgan fingerprint density at radius 3 is 1.64 bits per heavy atom. The van der Waals surface area contributed by atoms with Crippen LogP contribution in [0.3, 0.4) is 0 Å². The van der Waals surface area contributed by atoms with Crippen molar-refractivity contribution in [1.82, 2.24) is 0 Å². The lowest BCUT2D eigenvalue weighted by Gasteiger charge is -2.29. The van der Waals surface area contributed by atoms with Crippen molar-refractivity contribution in [3.63, 3.8) is 0 Å². The predicted octanol–water partition coefficient (Wildman–Crippen LogP) is 3.40. The van der Waals surface area contributed by atoms with Crippen LogP contribution in [0.1, 0.15) is 34.6 Å². The van der Waals surface area contributed by atoms with E-state index in [-0.39, 0.29) is 0 Å². The highest BCUT2D eigenvalue weighted by atomic mass is 14.3. The lowest BCUT2D eigenvalue weighted by molar-refractivity contribution is 0.336. The van der Waals surface area contributed by atoms with E-state index in [0.717, 1.165) is 5.92 Å². The van der Waals surface area contributed by atoms with Crippen LogP contribution in [0, 0.1) is 17.8 Å². The lowest BCUT2D eigenvalue weighted by Crippen LogP contribution is -2.21. The zero-order chi connectivity index (χ0) is 8.59. The smallest absolute Gasteiger partial charge is 0.0127 e. The fraction of sp³-hybridized carbons (Fsp3) is 0.727. The van der Waals surface area contributed by atoms with E-state index in [2.05, 4.69) is 40.3 Å². The largest absolute Gasteiger partial charge is 0.123 e. The molecule has 0 fully saturated rings. The standard InChI is InChI=1S/C11H18/c1-7-6-8(2)10(4)11(5)9(7)3/h9-11H,1-5H3. The molecule has 11 heavy (non-hydrogen) atoms. The summed E-state index contributed by atoms with van der Waals surface area (Å²) in [5, 5.41) is 0. The maximum atomic E-state index is 3.44. The predicted molar refractivity (Wildman–Crippen MR) is 49.4 cm³/mol. The summed E-state index contributed by atoms with van der Waals surface area (Å²) in [5.41, 5.74) is 6.29. The summed E-state index contributed by atoms with van der Waals surface area (Å²) < 4.78 is 0. The van der Waals surface area contributed by atoms with Crippen molar-refractivity contribution in [2.24, 2.45) is 17.8 Å². The van der Waals surface area contributed by atoms with Crippen LogP contribution < -0.4 is 0 Å². The van der Waals surface area contributed by atoms with Gasteiger partial charge >= 0.3 is 0 Å². The fourth-order valence-electron chi connectivity index (χ4n) is 1.76. The SMILES string of the molecule is CC1=C=C(C)C(C)C(C)C1C. The molecule has 0 N–H and O–H groups in total. The van der Waals surface area contributed by atoms with Crippen LogP contribution in [0.25, 0.3) is 0 Å². The molecule has 0 radical (unpaired) electrons. The first kappa shape index (κ1) is 8.62. The molecule has 0 aromatic carbocycles. The molecule has 0 aromatic rings. The van der Waals surface area contributed by atoms with Crippen molar-refractivity contribution >= 4 is 0 Å². The van der Waals surface area contributed by atoms with Crippen LogP contribution in [0.5, 0.6) is 0 Å². The third-order valence-electron chi connectivity index (χ3n) is 3.34. The van der Waals surface area contributed by atoms with Gasteiger partial charge in [-0.05, 0) is 42.7 Å². The van der Waals surface area contributed by atoms with Crippen molar-refractivity contribution in [2.45, 2.75) is 34.6 Å². The van der Waals surface area contributed by atoms with Crippen LogP contribution in [-0.4, -0.2) is 0 Å². The van der Waals surface area contributed by atoms with Crippen LogP contribution in [0.4, 0.5) is 0 Å². The Kier molecular flexibility index (Phi) is 2.25. The number of allylic oxidation sites excluding steroid dienone is 1. The van der Waals surface area contributed by atoms with E-state index in [0.29, 0.717) is 11.8 Å². The molecule has 0 heterocycles. The Hall–Kier alpha value is -0.480. The second kappa shape index (κ2) is 2.87. The van der Waals surface area contributed by atoms with Gasteiger partial charge in [0, 0.05) is 0 Å². The van der Waals surface area contributed by atoms with E-state index in [1.54, 1.807) is 0 Å². The van der Waals surface area contributed by atoms with Crippen molar-refractivity contribution in [3.05, 3.63) is 16.9 Å². The van der Waals surface area contributed by atoms with Crippen molar-refractivity contribution in [1.29, 1.82) is 0 Å². The highest BCUT2D eigenvalue weighted by molar-refractivity contribution is 5.17. The first-order valence-electron chi connectivity index (χ1n) is 4.48. The molecule has 0 bridgehead atoms. The first-order valence-corrected chi connectivity index (χ1v) is 4.48. The van der Waals surface area contributed by atoms with Gasteiger partial charge in [-0.15, -0.1) is 5.73 Å². The minimum atomic E-state index is 0.716. The maximum absolute atomic E-state index is 3.44. The molecule has 1 aliphatic rings. The molecule has 0 nitrogen and oxygen atoms in total. The monoisotopic (exact) mass is 150 g/mol. The van der Waals surface area contributed by atoms with Crippen LogP contribution >= 0.6 is 0 Å². The minimum Gasteiger partial charge on any atom is -0.123 e. The number of rotatable bonds is 0. The molecule has 0 saturated heterocycles. The second-order valence-corrected chi connectivity index (χ2v) is 3.93. The van der Waals surface area contributed by atoms with Gasteiger partial charge in [-0.25, -0.2) is 0 Å². The summed E-state index contributed by atoms with van der Waals surface area (Å²) in [6.45, 7) is 11.3. The zero-order valence-corrected chi connectivity index (χ0v) is 8.23. The van der Waals surface area contributed by atoms with Gasteiger partial charge in [0.1, 0.15) is 0 Å². The molecular formula is C11H18. The first-order chi connectivity index (χ1) is 5.04. The lowest BCUT2D eigenvalue weighted by atomic mass is 9.75. The summed E-state index contributed by atoms with van der Waals surface area (Å²) in [6.07, 6.45) is 0. The Morgan fingerprint density at radius 2 is 1.27 bits per heavy atom. The molecule has 1 rings (SSSR count). The molecule has 0 saturated carbocycles. The maximum Gasteiger partial charge on any atom is -0.0127 e. The Balaban J connectivity index is 3.04. The van der Waals surface area contributed by atoms with Gasteiger partial charge in [-0.3, -0.25) is 0 Å². The highest BCUT2D eigenvalue weighted by Gasteiger charge is 2.24. The van der Waals surface area contributed by atoms with Crippen molar-refractivity contribution in [3.8, 4) is 0 Å². The average Bonchev–Trinajstić information content (AvgIpc) is 1.97. The molecular weight excluding hydrogens is 132 g/mol. The third kappa shape index (κ3) is 1.41. The highest BCUT2D eigenvalue weighted by Crippen LogP contribution is 2.33. The number of hydrogen-bond donors (Lipinski definition) is 0. The van der Waals surface area contributed by atoms with Crippen molar-refractivity contribution in [2.75, 3.05) is 0 Å². The van der Waals surface area contributed by atoms with E-state index < -0.39 is 0 Å². The zero-order valence-electron chi connectivity index (χ0n) is 8.23. The van der Waals surface area contributed by atoms with Gasteiger partial charge in [0.15, 0.2) is 0 Å².